The zero-order valence-corrected chi connectivity index (χ0v) is 11.1. The Morgan fingerprint density at radius 2 is 1.52 bits per heavy atom. The Hall–Kier alpha value is -1.68. The van der Waals surface area contributed by atoms with Gasteiger partial charge in [-0.15, -0.1) is 6.42 Å². The van der Waals surface area contributed by atoms with Gasteiger partial charge in [-0.25, -0.2) is 0 Å². The van der Waals surface area contributed by atoms with Gasteiger partial charge < -0.3 is 0 Å². The SMILES string of the molecule is C#CC(CC)NCc1cc(C(F)(F)F)cc(C(F)(F)F)c1. The largest absolute Gasteiger partial charge is 0.416 e. The topological polar surface area (TPSA) is 12.0 Å². The van der Waals surface area contributed by atoms with E-state index in [4.69, 9.17) is 6.42 Å². The first-order valence-electron chi connectivity index (χ1n) is 6.05. The molecule has 0 fully saturated rings. The molecule has 21 heavy (non-hydrogen) atoms. The van der Waals surface area contributed by atoms with Gasteiger partial charge in [0.2, 0.25) is 0 Å². The summed E-state index contributed by atoms with van der Waals surface area (Å²) in [4.78, 5) is 0. The van der Waals surface area contributed by atoms with Gasteiger partial charge >= 0.3 is 12.4 Å². The second kappa shape index (κ2) is 6.39. The zero-order valence-electron chi connectivity index (χ0n) is 11.1. The fraction of sp³-hybridized carbons (Fsp3) is 0.429. The minimum Gasteiger partial charge on any atom is -0.300 e. The van der Waals surface area contributed by atoms with Crippen LogP contribution in [0, 0.1) is 12.3 Å². The van der Waals surface area contributed by atoms with Crippen LogP contribution < -0.4 is 5.32 Å². The van der Waals surface area contributed by atoms with Crippen molar-refractivity contribution < 1.29 is 26.3 Å². The summed E-state index contributed by atoms with van der Waals surface area (Å²) in [6, 6.07) is 1.06. The van der Waals surface area contributed by atoms with Crippen LogP contribution in [-0.2, 0) is 18.9 Å². The Labute approximate surface area is 118 Å². The molecule has 7 heteroatoms. The molecule has 1 atom stereocenters. The number of nitrogens with one attached hydrogen (secondary N) is 1. The summed E-state index contributed by atoms with van der Waals surface area (Å²) < 4.78 is 75.9. The van der Waals surface area contributed by atoms with Crippen LogP contribution in [0.25, 0.3) is 0 Å². The zero-order chi connectivity index (χ0) is 16.3. The number of hydrogen-bond acceptors (Lipinski definition) is 1. The fourth-order valence-electron chi connectivity index (χ4n) is 1.68. The van der Waals surface area contributed by atoms with Crippen molar-refractivity contribution in [2.24, 2.45) is 0 Å². The van der Waals surface area contributed by atoms with Gasteiger partial charge in [0.15, 0.2) is 0 Å². The Morgan fingerprint density at radius 3 is 1.86 bits per heavy atom. The molecule has 0 aliphatic rings. The summed E-state index contributed by atoms with van der Waals surface area (Å²) >= 11 is 0. The molecule has 0 radical (unpaired) electrons. The number of terminal acetylenes is 1. The number of benzene rings is 1. The molecule has 0 aliphatic heterocycles. The average molecular weight is 309 g/mol. The molecule has 1 aromatic carbocycles. The third kappa shape index (κ3) is 4.97. The van der Waals surface area contributed by atoms with Gasteiger partial charge in [-0.05, 0) is 30.2 Å². The van der Waals surface area contributed by atoms with E-state index in [2.05, 4.69) is 11.2 Å². The van der Waals surface area contributed by atoms with Gasteiger partial charge in [0.1, 0.15) is 0 Å². The highest BCUT2D eigenvalue weighted by molar-refractivity contribution is 5.33. The molecular formula is C14H13F6N. The summed E-state index contributed by atoms with van der Waals surface area (Å²) in [7, 11) is 0. The Morgan fingerprint density at radius 1 is 1.05 bits per heavy atom. The van der Waals surface area contributed by atoms with Crippen LogP contribution in [0.15, 0.2) is 18.2 Å². The molecule has 116 valence electrons. The van der Waals surface area contributed by atoms with E-state index in [1.54, 1.807) is 6.92 Å². The highest BCUT2D eigenvalue weighted by atomic mass is 19.4. The van der Waals surface area contributed by atoms with Crippen LogP contribution in [0.5, 0.6) is 0 Å². The van der Waals surface area contributed by atoms with Gasteiger partial charge in [-0.2, -0.15) is 26.3 Å². The molecule has 1 N–H and O–H groups in total. The van der Waals surface area contributed by atoms with Crippen molar-refractivity contribution in [2.45, 2.75) is 38.3 Å². The lowest BCUT2D eigenvalue weighted by molar-refractivity contribution is -0.143. The van der Waals surface area contributed by atoms with Gasteiger partial charge in [-0.1, -0.05) is 12.8 Å². The van der Waals surface area contributed by atoms with E-state index in [1.165, 1.54) is 0 Å². The summed E-state index contributed by atoms with van der Waals surface area (Å²) in [6.45, 7) is 1.58. The Kier molecular flexibility index (Phi) is 5.29. The van der Waals surface area contributed by atoms with Crippen molar-refractivity contribution in [3.8, 4) is 12.3 Å². The van der Waals surface area contributed by atoms with Crippen molar-refractivity contribution in [3.05, 3.63) is 34.9 Å². The van der Waals surface area contributed by atoms with Crippen LogP contribution in [0.3, 0.4) is 0 Å². The molecule has 1 rings (SSSR count). The molecular weight excluding hydrogens is 296 g/mol. The lowest BCUT2D eigenvalue weighted by Gasteiger charge is -2.16. The van der Waals surface area contributed by atoms with Crippen LogP contribution in [0.4, 0.5) is 26.3 Å². The molecule has 1 nitrogen and oxygen atoms in total. The lowest BCUT2D eigenvalue weighted by Crippen LogP contribution is -2.26. The van der Waals surface area contributed by atoms with Crippen LogP contribution in [0.1, 0.15) is 30.0 Å². The maximum atomic E-state index is 12.6. The van der Waals surface area contributed by atoms with Crippen molar-refractivity contribution in [3.63, 3.8) is 0 Å². The summed E-state index contributed by atoms with van der Waals surface area (Å²) in [5.41, 5.74) is -2.78. The minimum absolute atomic E-state index is 0.0992. The molecule has 0 amide bonds. The maximum Gasteiger partial charge on any atom is 0.416 e. The van der Waals surface area contributed by atoms with Crippen molar-refractivity contribution in [1.29, 1.82) is 0 Å². The normalized spacial score (nSPS) is 13.8. The minimum atomic E-state index is -4.84. The van der Waals surface area contributed by atoms with E-state index in [0.29, 0.717) is 18.6 Å². The first-order valence-corrected chi connectivity index (χ1v) is 6.05. The van der Waals surface area contributed by atoms with Crippen LogP contribution in [0.2, 0.25) is 0 Å². The second-order valence-electron chi connectivity index (χ2n) is 4.42. The van der Waals surface area contributed by atoms with Gasteiger partial charge in [0, 0.05) is 6.54 Å². The van der Waals surface area contributed by atoms with Crippen molar-refractivity contribution >= 4 is 0 Å². The first kappa shape index (κ1) is 17.4. The molecule has 1 aromatic rings. The Balaban J connectivity index is 3.12. The van der Waals surface area contributed by atoms with Crippen molar-refractivity contribution in [2.75, 3.05) is 0 Å². The second-order valence-corrected chi connectivity index (χ2v) is 4.42. The van der Waals surface area contributed by atoms with E-state index < -0.39 is 29.5 Å². The molecule has 0 aliphatic carbocycles. The third-order valence-electron chi connectivity index (χ3n) is 2.81. The van der Waals surface area contributed by atoms with E-state index in [9.17, 15) is 26.3 Å². The first-order chi connectivity index (χ1) is 9.57. The van der Waals surface area contributed by atoms with E-state index in [-0.39, 0.29) is 18.2 Å². The molecule has 0 bridgehead atoms. The molecule has 0 aromatic heterocycles. The molecule has 0 heterocycles. The van der Waals surface area contributed by atoms with E-state index >= 15 is 0 Å². The summed E-state index contributed by atoms with van der Waals surface area (Å²) in [6.07, 6.45) is -3.99. The standard InChI is InChI=1S/C14H13F6N/c1-3-12(4-2)21-8-9-5-10(13(15,16)17)7-11(6-9)14(18,19)20/h1,5-7,12,21H,4,8H2,2H3. The highest BCUT2D eigenvalue weighted by Crippen LogP contribution is 2.36. The maximum absolute atomic E-state index is 12.6. The number of hydrogen-bond donors (Lipinski definition) is 1. The van der Waals surface area contributed by atoms with E-state index in [1.807, 2.05) is 0 Å². The fourth-order valence-corrected chi connectivity index (χ4v) is 1.68. The van der Waals surface area contributed by atoms with Gasteiger partial charge in [0.05, 0.1) is 17.2 Å². The monoisotopic (exact) mass is 309 g/mol. The predicted molar refractivity (Wildman–Crippen MR) is 66.2 cm³/mol. The average Bonchev–Trinajstić information content (AvgIpc) is 2.37. The third-order valence-corrected chi connectivity index (χ3v) is 2.81. The highest BCUT2D eigenvalue weighted by Gasteiger charge is 2.36. The summed E-state index contributed by atoms with van der Waals surface area (Å²) in [5.74, 6) is 2.36. The number of halogens is 6. The molecule has 0 saturated carbocycles. The lowest BCUT2D eigenvalue weighted by atomic mass is 10.0. The summed E-state index contributed by atoms with van der Waals surface area (Å²) in [5, 5.41) is 2.72. The molecule has 0 spiro atoms. The van der Waals surface area contributed by atoms with Gasteiger partial charge in [0.25, 0.3) is 0 Å². The van der Waals surface area contributed by atoms with Crippen LogP contribution >= 0.6 is 0 Å². The van der Waals surface area contributed by atoms with Crippen LogP contribution in [-0.4, -0.2) is 6.04 Å². The smallest absolute Gasteiger partial charge is 0.300 e. The number of alkyl halides is 6. The Bertz CT molecular complexity index is 491. The van der Waals surface area contributed by atoms with Crippen molar-refractivity contribution in [1.82, 2.24) is 5.32 Å². The molecule has 0 saturated heterocycles. The predicted octanol–water partition coefficient (Wildman–Crippen LogP) is 4.23. The number of rotatable bonds is 4. The van der Waals surface area contributed by atoms with E-state index in [0.717, 1.165) is 0 Å². The quantitative estimate of drug-likeness (QED) is 0.648. The van der Waals surface area contributed by atoms with Gasteiger partial charge in [-0.3, -0.25) is 5.32 Å². The molecule has 1 unspecified atom stereocenters.